The molecule has 0 aliphatic heterocycles. The molecule has 0 saturated heterocycles. The highest BCUT2D eigenvalue weighted by molar-refractivity contribution is 9.10. The first-order chi connectivity index (χ1) is 8.95. The van der Waals surface area contributed by atoms with E-state index >= 15 is 0 Å². The first-order valence-electron chi connectivity index (χ1n) is 5.59. The minimum atomic E-state index is -0.0596. The number of methoxy groups -OCH3 is 1. The number of hydrogen-bond donors (Lipinski definition) is 0. The molecule has 2 aromatic rings. The van der Waals surface area contributed by atoms with Crippen LogP contribution in [0.3, 0.4) is 0 Å². The Kier molecular flexibility index (Phi) is 4.33. The van der Waals surface area contributed by atoms with Gasteiger partial charge in [0.15, 0.2) is 0 Å². The van der Waals surface area contributed by atoms with Crippen LogP contribution in [0.15, 0.2) is 22.7 Å². The summed E-state index contributed by atoms with van der Waals surface area (Å²) >= 11 is 10.6. The normalized spacial score (nSPS) is 10.6. The van der Waals surface area contributed by atoms with E-state index in [9.17, 15) is 4.79 Å². The average molecular weight is 360 g/mol. The zero-order valence-corrected chi connectivity index (χ0v) is 13.9. The lowest BCUT2D eigenvalue weighted by molar-refractivity contribution is 0.103. The van der Waals surface area contributed by atoms with Crippen molar-refractivity contribution in [1.82, 2.24) is 0 Å². The molecule has 0 fully saturated rings. The lowest BCUT2D eigenvalue weighted by Gasteiger charge is -2.14. The number of rotatable bonds is 3. The molecule has 0 saturated carbocycles. The summed E-state index contributed by atoms with van der Waals surface area (Å²) in [5.74, 6) is 0.561. The van der Waals surface area contributed by atoms with Crippen molar-refractivity contribution in [3.8, 4) is 5.75 Å². The lowest BCUT2D eigenvalue weighted by atomic mass is 9.99. The topological polar surface area (TPSA) is 26.3 Å². The van der Waals surface area contributed by atoms with E-state index in [0.717, 1.165) is 15.6 Å². The third kappa shape index (κ3) is 2.71. The number of halogens is 2. The molecule has 1 aromatic carbocycles. The largest absolute Gasteiger partial charge is 0.496 e. The molecule has 100 valence electrons. The predicted molar refractivity (Wildman–Crippen MR) is 82.9 cm³/mol. The second kappa shape index (κ2) is 5.65. The Labute approximate surface area is 129 Å². The highest BCUT2D eigenvalue weighted by Gasteiger charge is 2.22. The summed E-state index contributed by atoms with van der Waals surface area (Å²) in [5, 5.41) is 0. The molecule has 0 spiro atoms. The summed E-state index contributed by atoms with van der Waals surface area (Å²) in [7, 11) is 1.58. The minimum Gasteiger partial charge on any atom is -0.496 e. The molecule has 0 aliphatic carbocycles. The van der Waals surface area contributed by atoms with Gasteiger partial charge in [-0.2, -0.15) is 0 Å². The van der Waals surface area contributed by atoms with Gasteiger partial charge >= 0.3 is 0 Å². The smallest absolute Gasteiger partial charge is 0.207 e. The van der Waals surface area contributed by atoms with Crippen molar-refractivity contribution in [1.29, 1.82) is 0 Å². The van der Waals surface area contributed by atoms with E-state index in [1.54, 1.807) is 19.2 Å². The molecule has 5 heteroatoms. The van der Waals surface area contributed by atoms with E-state index < -0.39 is 0 Å². The molecule has 19 heavy (non-hydrogen) atoms. The Bertz CT molecular complexity index is 649. The van der Waals surface area contributed by atoms with Crippen LogP contribution >= 0.6 is 38.9 Å². The van der Waals surface area contributed by atoms with E-state index in [4.69, 9.17) is 16.3 Å². The number of hydrogen-bond acceptors (Lipinski definition) is 3. The van der Waals surface area contributed by atoms with Gasteiger partial charge in [0.05, 0.1) is 21.9 Å². The standard InChI is InChI=1S/C14H12BrClO2S/c1-7-6-9(15)8(2)12(14(7)18-3)13(17)10-4-5-11(16)19-10/h4-6H,1-3H3. The number of thiophene rings is 1. The van der Waals surface area contributed by atoms with Crippen LogP contribution < -0.4 is 4.74 Å². The van der Waals surface area contributed by atoms with E-state index in [2.05, 4.69) is 15.9 Å². The van der Waals surface area contributed by atoms with Crippen LogP contribution in [0.1, 0.15) is 26.4 Å². The maximum absolute atomic E-state index is 12.6. The van der Waals surface area contributed by atoms with Gasteiger partial charge < -0.3 is 4.74 Å². The fourth-order valence-electron chi connectivity index (χ4n) is 1.95. The van der Waals surface area contributed by atoms with E-state index in [1.807, 2.05) is 19.9 Å². The maximum Gasteiger partial charge on any atom is 0.207 e. The van der Waals surface area contributed by atoms with Crippen LogP contribution in [0.4, 0.5) is 0 Å². The van der Waals surface area contributed by atoms with Crippen LogP contribution in [0.5, 0.6) is 5.75 Å². The SMILES string of the molecule is COc1c(C)cc(Br)c(C)c1C(=O)c1ccc(Cl)s1. The summed E-state index contributed by atoms with van der Waals surface area (Å²) in [5.41, 5.74) is 2.39. The number of carbonyl (C=O) groups is 1. The van der Waals surface area contributed by atoms with Crippen LogP contribution in [0.25, 0.3) is 0 Å². The van der Waals surface area contributed by atoms with Crippen LogP contribution in [0.2, 0.25) is 4.34 Å². The number of carbonyl (C=O) groups excluding carboxylic acids is 1. The van der Waals surface area contributed by atoms with Gasteiger partial charge in [-0.15, -0.1) is 11.3 Å². The highest BCUT2D eigenvalue weighted by Crippen LogP contribution is 2.35. The Hall–Kier alpha value is -0.840. The fraction of sp³-hybridized carbons (Fsp3) is 0.214. The molecular formula is C14H12BrClO2S. The fourth-order valence-corrected chi connectivity index (χ4v) is 3.48. The van der Waals surface area contributed by atoms with E-state index in [0.29, 0.717) is 20.5 Å². The van der Waals surface area contributed by atoms with Gasteiger partial charge in [0.25, 0.3) is 0 Å². The Balaban J connectivity index is 2.64. The van der Waals surface area contributed by atoms with E-state index in [-0.39, 0.29) is 5.78 Å². The quantitative estimate of drug-likeness (QED) is 0.719. The van der Waals surface area contributed by atoms with Crippen molar-refractivity contribution in [2.75, 3.05) is 7.11 Å². The summed E-state index contributed by atoms with van der Waals surface area (Å²) in [4.78, 5) is 13.2. The Morgan fingerprint density at radius 3 is 2.58 bits per heavy atom. The van der Waals surface area contributed by atoms with Crippen LogP contribution in [0, 0.1) is 13.8 Å². The van der Waals surface area contributed by atoms with Crippen molar-refractivity contribution >= 4 is 44.7 Å². The van der Waals surface area contributed by atoms with Gasteiger partial charge in [-0.25, -0.2) is 0 Å². The Morgan fingerprint density at radius 1 is 1.37 bits per heavy atom. The van der Waals surface area contributed by atoms with Gasteiger partial charge in [0, 0.05) is 4.47 Å². The molecule has 0 atom stereocenters. The third-order valence-corrected chi connectivity index (χ3v) is 4.94. The second-order valence-electron chi connectivity index (χ2n) is 4.14. The molecule has 0 bridgehead atoms. The minimum absolute atomic E-state index is 0.0596. The molecular weight excluding hydrogens is 348 g/mol. The molecule has 0 amide bonds. The van der Waals surface area contributed by atoms with Crippen LogP contribution in [-0.4, -0.2) is 12.9 Å². The maximum atomic E-state index is 12.6. The monoisotopic (exact) mass is 358 g/mol. The summed E-state index contributed by atoms with van der Waals surface area (Å²) in [6.45, 7) is 3.82. The average Bonchev–Trinajstić information content (AvgIpc) is 2.79. The van der Waals surface area contributed by atoms with Crippen molar-refractivity contribution in [2.45, 2.75) is 13.8 Å². The molecule has 1 aromatic heterocycles. The zero-order chi connectivity index (χ0) is 14.2. The zero-order valence-electron chi connectivity index (χ0n) is 10.7. The van der Waals surface area contributed by atoms with Crippen molar-refractivity contribution in [3.63, 3.8) is 0 Å². The molecule has 2 rings (SSSR count). The summed E-state index contributed by atoms with van der Waals surface area (Å²) < 4.78 is 6.89. The molecule has 0 N–H and O–H groups in total. The van der Waals surface area contributed by atoms with Gasteiger partial charge in [-0.3, -0.25) is 4.79 Å². The van der Waals surface area contributed by atoms with Crippen molar-refractivity contribution < 1.29 is 9.53 Å². The van der Waals surface area contributed by atoms with E-state index in [1.165, 1.54) is 11.3 Å². The lowest BCUT2D eigenvalue weighted by Crippen LogP contribution is -2.07. The highest BCUT2D eigenvalue weighted by atomic mass is 79.9. The van der Waals surface area contributed by atoms with Gasteiger partial charge in [-0.05, 0) is 43.2 Å². The first-order valence-corrected chi connectivity index (χ1v) is 7.58. The number of ether oxygens (including phenoxy) is 1. The predicted octanol–water partition coefficient (Wildman–Crippen LogP) is 5.02. The molecule has 0 unspecified atom stereocenters. The third-order valence-electron chi connectivity index (χ3n) is 2.89. The first kappa shape index (κ1) is 14.6. The molecule has 1 heterocycles. The number of aryl methyl sites for hydroxylation is 1. The summed E-state index contributed by atoms with van der Waals surface area (Å²) in [6, 6.07) is 5.42. The summed E-state index contributed by atoms with van der Waals surface area (Å²) in [6.07, 6.45) is 0. The van der Waals surface area contributed by atoms with Gasteiger partial charge in [0.2, 0.25) is 5.78 Å². The van der Waals surface area contributed by atoms with Crippen molar-refractivity contribution in [2.24, 2.45) is 0 Å². The number of benzene rings is 1. The van der Waals surface area contributed by atoms with Crippen LogP contribution in [-0.2, 0) is 0 Å². The molecule has 0 radical (unpaired) electrons. The van der Waals surface area contributed by atoms with Gasteiger partial charge in [-0.1, -0.05) is 27.5 Å². The van der Waals surface area contributed by atoms with Gasteiger partial charge in [0.1, 0.15) is 5.75 Å². The van der Waals surface area contributed by atoms with Crippen molar-refractivity contribution in [3.05, 3.63) is 48.6 Å². The second-order valence-corrected chi connectivity index (χ2v) is 6.71. The molecule has 2 nitrogen and oxygen atoms in total. The Morgan fingerprint density at radius 2 is 2.05 bits per heavy atom. The molecule has 0 aliphatic rings. The number of ketones is 1.